The van der Waals surface area contributed by atoms with Gasteiger partial charge in [0.2, 0.25) is 0 Å². The van der Waals surface area contributed by atoms with Crippen LogP contribution in [-0.4, -0.2) is 38.5 Å². The SMILES string of the molecule is COc1ccc(NC(=O)COC(=O)CCC(=O)c2ccc3c(c2)CCC3)c(OC)c1. The number of carbonyl (C=O) groups is 3. The maximum absolute atomic E-state index is 12.3. The quantitative estimate of drug-likeness (QED) is 0.503. The van der Waals surface area contributed by atoms with Crippen molar-refractivity contribution in [1.29, 1.82) is 0 Å². The van der Waals surface area contributed by atoms with Crippen LogP contribution in [-0.2, 0) is 27.2 Å². The molecule has 1 N–H and O–H groups in total. The fourth-order valence-corrected chi connectivity index (χ4v) is 3.41. The van der Waals surface area contributed by atoms with Crippen molar-refractivity contribution in [2.75, 3.05) is 26.1 Å². The van der Waals surface area contributed by atoms with Gasteiger partial charge in [0, 0.05) is 18.1 Å². The van der Waals surface area contributed by atoms with E-state index in [-0.39, 0.29) is 18.6 Å². The van der Waals surface area contributed by atoms with Crippen molar-refractivity contribution in [3.8, 4) is 11.5 Å². The number of esters is 1. The van der Waals surface area contributed by atoms with E-state index >= 15 is 0 Å². The van der Waals surface area contributed by atoms with Crippen molar-refractivity contribution in [3.63, 3.8) is 0 Å². The fourth-order valence-electron chi connectivity index (χ4n) is 3.41. The number of carbonyl (C=O) groups excluding carboxylic acids is 3. The summed E-state index contributed by atoms with van der Waals surface area (Å²) in [7, 11) is 3.00. The molecule has 2 aromatic rings. The summed E-state index contributed by atoms with van der Waals surface area (Å²) in [5.41, 5.74) is 3.57. The Kier molecular flexibility index (Phi) is 7.06. The third-order valence-electron chi connectivity index (χ3n) is 5.02. The molecule has 0 fully saturated rings. The molecule has 7 heteroatoms. The maximum Gasteiger partial charge on any atom is 0.306 e. The molecular formula is C23H25NO6. The topological polar surface area (TPSA) is 90.9 Å². The zero-order chi connectivity index (χ0) is 21.5. The average molecular weight is 411 g/mol. The predicted octanol–water partition coefficient (Wildman–Crippen LogP) is 3.34. The van der Waals surface area contributed by atoms with Gasteiger partial charge in [-0.3, -0.25) is 14.4 Å². The number of amides is 1. The summed E-state index contributed by atoms with van der Waals surface area (Å²) in [5, 5.41) is 2.62. The van der Waals surface area contributed by atoms with Gasteiger partial charge in [-0.15, -0.1) is 0 Å². The Hall–Kier alpha value is -3.35. The Morgan fingerprint density at radius 2 is 1.73 bits per heavy atom. The second kappa shape index (κ2) is 9.91. The molecule has 0 heterocycles. The van der Waals surface area contributed by atoms with Gasteiger partial charge in [-0.1, -0.05) is 12.1 Å². The lowest BCUT2D eigenvalue weighted by Gasteiger charge is -2.11. The normalized spacial score (nSPS) is 12.1. The van der Waals surface area contributed by atoms with Crippen LogP contribution >= 0.6 is 0 Å². The van der Waals surface area contributed by atoms with Gasteiger partial charge < -0.3 is 19.5 Å². The number of nitrogens with one attached hydrogen (secondary N) is 1. The molecule has 0 saturated heterocycles. The van der Waals surface area contributed by atoms with Crippen LogP contribution in [0.4, 0.5) is 5.69 Å². The van der Waals surface area contributed by atoms with Crippen LogP contribution in [0.5, 0.6) is 11.5 Å². The lowest BCUT2D eigenvalue weighted by atomic mass is 10.0. The highest BCUT2D eigenvalue weighted by Crippen LogP contribution is 2.29. The standard InChI is InChI=1S/C23H25NO6/c1-28-18-8-9-19(21(13-18)29-2)24-22(26)14-30-23(27)11-10-20(25)17-7-6-15-4-3-5-16(15)12-17/h6-9,12-13H,3-5,10-11,14H2,1-2H3,(H,24,26). The molecule has 30 heavy (non-hydrogen) atoms. The summed E-state index contributed by atoms with van der Waals surface area (Å²) in [6.07, 6.45) is 3.14. The summed E-state index contributed by atoms with van der Waals surface area (Å²) < 4.78 is 15.3. The molecule has 0 atom stereocenters. The van der Waals surface area contributed by atoms with Crippen LogP contribution in [0, 0.1) is 0 Å². The molecule has 2 aromatic carbocycles. The summed E-state index contributed by atoms with van der Waals surface area (Å²) in [6.45, 7) is -0.443. The van der Waals surface area contributed by atoms with Gasteiger partial charge in [0.1, 0.15) is 11.5 Å². The molecule has 1 amide bonds. The summed E-state index contributed by atoms with van der Waals surface area (Å²) in [6, 6.07) is 10.7. The van der Waals surface area contributed by atoms with Crippen molar-refractivity contribution >= 4 is 23.3 Å². The number of rotatable bonds is 9. The van der Waals surface area contributed by atoms with E-state index in [2.05, 4.69) is 5.32 Å². The molecule has 0 aromatic heterocycles. The average Bonchev–Trinajstić information content (AvgIpc) is 3.24. The molecule has 0 aliphatic heterocycles. The zero-order valence-corrected chi connectivity index (χ0v) is 17.2. The molecule has 0 radical (unpaired) electrons. The van der Waals surface area contributed by atoms with Gasteiger partial charge in [-0.25, -0.2) is 0 Å². The highest BCUT2D eigenvalue weighted by molar-refractivity contribution is 5.98. The first kappa shape index (κ1) is 21.4. The van der Waals surface area contributed by atoms with Gasteiger partial charge >= 0.3 is 5.97 Å². The van der Waals surface area contributed by atoms with Crippen molar-refractivity contribution in [2.45, 2.75) is 32.1 Å². The van der Waals surface area contributed by atoms with Gasteiger partial charge in [-0.2, -0.15) is 0 Å². The lowest BCUT2D eigenvalue weighted by molar-refractivity contribution is -0.147. The van der Waals surface area contributed by atoms with Crippen LogP contribution in [0.3, 0.4) is 0 Å². The predicted molar refractivity (Wildman–Crippen MR) is 111 cm³/mol. The number of hydrogen-bond donors (Lipinski definition) is 1. The van der Waals surface area contributed by atoms with Crippen LogP contribution in [0.25, 0.3) is 0 Å². The van der Waals surface area contributed by atoms with Gasteiger partial charge in [0.15, 0.2) is 12.4 Å². The number of methoxy groups -OCH3 is 2. The first-order valence-corrected chi connectivity index (χ1v) is 9.82. The van der Waals surface area contributed by atoms with Crippen LogP contribution < -0.4 is 14.8 Å². The number of ether oxygens (including phenoxy) is 3. The Morgan fingerprint density at radius 3 is 2.50 bits per heavy atom. The minimum atomic E-state index is -0.596. The van der Waals surface area contributed by atoms with E-state index in [1.54, 1.807) is 18.2 Å². The number of aryl methyl sites for hydroxylation is 2. The molecule has 0 spiro atoms. The highest BCUT2D eigenvalue weighted by Gasteiger charge is 2.16. The number of benzene rings is 2. The van der Waals surface area contributed by atoms with E-state index in [0.717, 1.165) is 19.3 Å². The first-order chi connectivity index (χ1) is 14.5. The minimum absolute atomic E-state index is 0.0472. The van der Waals surface area contributed by atoms with Crippen LogP contribution in [0.15, 0.2) is 36.4 Å². The monoisotopic (exact) mass is 411 g/mol. The molecule has 1 aliphatic carbocycles. The van der Waals surface area contributed by atoms with Crippen molar-refractivity contribution < 1.29 is 28.6 Å². The number of hydrogen-bond acceptors (Lipinski definition) is 6. The van der Waals surface area contributed by atoms with Crippen molar-refractivity contribution in [1.82, 2.24) is 0 Å². The molecule has 3 rings (SSSR count). The highest BCUT2D eigenvalue weighted by atomic mass is 16.5. The number of ketones is 1. The second-order valence-corrected chi connectivity index (χ2v) is 7.04. The van der Waals surface area contributed by atoms with Crippen LogP contribution in [0.1, 0.15) is 40.7 Å². The van der Waals surface area contributed by atoms with E-state index in [1.165, 1.54) is 25.3 Å². The zero-order valence-electron chi connectivity index (χ0n) is 17.2. The number of anilines is 1. The summed E-state index contributed by atoms with van der Waals surface area (Å²) in [5.74, 6) is -0.189. The summed E-state index contributed by atoms with van der Waals surface area (Å²) in [4.78, 5) is 36.3. The smallest absolute Gasteiger partial charge is 0.306 e. The fraction of sp³-hybridized carbons (Fsp3) is 0.348. The van der Waals surface area contributed by atoms with Crippen LogP contribution in [0.2, 0.25) is 0 Å². The molecule has 1 aliphatic rings. The van der Waals surface area contributed by atoms with Crippen molar-refractivity contribution in [3.05, 3.63) is 53.1 Å². The van der Waals surface area contributed by atoms with Crippen molar-refractivity contribution in [2.24, 2.45) is 0 Å². The molecule has 7 nitrogen and oxygen atoms in total. The molecule has 0 saturated carbocycles. The van der Waals surface area contributed by atoms with Gasteiger partial charge in [0.05, 0.1) is 26.3 Å². The largest absolute Gasteiger partial charge is 0.497 e. The van der Waals surface area contributed by atoms with Gasteiger partial charge in [0.25, 0.3) is 5.91 Å². The molecule has 0 unspecified atom stereocenters. The summed E-state index contributed by atoms with van der Waals surface area (Å²) >= 11 is 0. The van der Waals surface area contributed by atoms with E-state index in [4.69, 9.17) is 14.2 Å². The third-order valence-corrected chi connectivity index (χ3v) is 5.02. The van der Waals surface area contributed by atoms with Gasteiger partial charge in [-0.05, 0) is 48.6 Å². The third kappa shape index (κ3) is 5.37. The van der Waals surface area contributed by atoms with E-state index in [9.17, 15) is 14.4 Å². The molecular weight excluding hydrogens is 386 g/mol. The maximum atomic E-state index is 12.3. The second-order valence-electron chi connectivity index (χ2n) is 7.04. The van der Waals surface area contributed by atoms with E-state index in [0.29, 0.717) is 22.7 Å². The van der Waals surface area contributed by atoms with E-state index < -0.39 is 18.5 Å². The Bertz CT molecular complexity index is 953. The molecule has 158 valence electrons. The lowest BCUT2D eigenvalue weighted by Crippen LogP contribution is -2.21. The number of Topliss-reactive ketones (excluding diaryl/α,β-unsaturated/α-hetero) is 1. The Balaban J connectivity index is 1.44. The number of fused-ring (bicyclic) bond motifs is 1. The Morgan fingerprint density at radius 1 is 0.933 bits per heavy atom. The van der Waals surface area contributed by atoms with E-state index in [1.807, 2.05) is 18.2 Å². The Labute approximate surface area is 175 Å². The molecule has 0 bridgehead atoms. The first-order valence-electron chi connectivity index (χ1n) is 9.82. The minimum Gasteiger partial charge on any atom is -0.497 e.